The van der Waals surface area contributed by atoms with Crippen LogP contribution in [0.3, 0.4) is 0 Å². The molecular formula is C10H25O4PSi. The van der Waals surface area contributed by atoms with Crippen molar-refractivity contribution in [3.8, 4) is 0 Å². The largest absolute Gasteiger partial charge is 0.372 e. The van der Waals surface area contributed by atoms with Crippen LogP contribution < -0.4 is 0 Å². The van der Waals surface area contributed by atoms with Gasteiger partial charge in [-0.1, -0.05) is 0 Å². The highest BCUT2D eigenvalue weighted by Gasteiger charge is 2.30. The van der Waals surface area contributed by atoms with E-state index >= 15 is 0 Å². The summed E-state index contributed by atoms with van der Waals surface area (Å²) < 4.78 is 22.6. The minimum atomic E-state index is -1.63. The van der Waals surface area contributed by atoms with Crippen LogP contribution >= 0.6 is 8.38 Å². The molecule has 98 valence electrons. The van der Waals surface area contributed by atoms with Gasteiger partial charge < -0.3 is 18.2 Å². The lowest BCUT2D eigenvalue weighted by Gasteiger charge is -2.30. The minimum Gasteiger partial charge on any atom is -0.372 e. The summed E-state index contributed by atoms with van der Waals surface area (Å²) in [7, 11) is -2.74. The monoisotopic (exact) mass is 268 g/mol. The molecule has 1 unspecified atom stereocenters. The van der Waals surface area contributed by atoms with Crippen molar-refractivity contribution >= 4 is 16.7 Å². The molecule has 6 heteroatoms. The molecule has 0 N–H and O–H groups in total. The molecule has 0 heterocycles. The van der Waals surface area contributed by atoms with Crippen LogP contribution in [0.5, 0.6) is 0 Å². The van der Waals surface area contributed by atoms with Crippen molar-refractivity contribution in [2.75, 3.05) is 19.8 Å². The van der Waals surface area contributed by atoms with Gasteiger partial charge in [-0.25, -0.2) is 0 Å². The molecule has 0 aliphatic heterocycles. The van der Waals surface area contributed by atoms with Crippen molar-refractivity contribution in [2.24, 2.45) is 0 Å². The molecule has 0 fully saturated rings. The SMILES string of the molecule is CCOC(OCC)P(OCC)O[Si](C)(C)C. The van der Waals surface area contributed by atoms with Gasteiger partial charge in [-0.3, -0.25) is 0 Å². The third kappa shape index (κ3) is 7.71. The van der Waals surface area contributed by atoms with Crippen molar-refractivity contribution in [2.45, 2.75) is 46.4 Å². The summed E-state index contributed by atoms with van der Waals surface area (Å²) in [5.74, 6) is 0. The first kappa shape index (κ1) is 16.5. The van der Waals surface area contributed by atoms with E-state index in [1.165, 1.54) is 0 Å². The van der Waals surface area contributed by atoms with Gasteiger partial charge in [0.25, 0.3) is 0 Å². The first-order valence-corrected chi connectivity index (χ1v) is 10.4. The minimum absolute atomic E-state index is 0.364. The quantitative estimate of drug-likeness (QED) is 0.364. The fourth-order valence-corrected chi connectivity index (χ4v) is 4.61. The van der Waals surface area contributed by atoms with E-state index in [0.29, 0.717) is 19.8 Å². The molecule has 0 aromatic heterocycles. The number of hydrogen-bond donors (Lipinski definition) is 0. The maximum Gasteiger partial charge on any atom is 0.228 e. The van der Waals surface area contributed by atoms with Gasteiger partial charge in [-0.05, 0) is 40.4 Å². The lowest BCUT2D eigenvalue weighted by atomic mass is 10.9. The van der Waals surface area contributed by atoms with Crippen LogP contribution in [0.25, 0.3) is 0 Å². The molecule has 0 aliphatic rings. The summed E-state index contributed by atoms with van der Waals surface area (Å²) >= 11 is 0. The Morgan fingerprint density at radius 2 is 1.44 bits per heavy atom. The van der Waals surface area contributed by atoms with Crippen LogP contribution in [0, 0.1) is 0 Å². The molecule has 0 rings (SSSR count). The second-order valence-corrected chi connectivity index (χ2v) is 10.3. The topological polar surface area (TPSA) is 36.9 Å². The number of hydrogen-bond acceptors (Lipinski definition) is 4. The molecule has 0 amide bonds. The molecule has 0 spiro atoms. The Bertz CT molecular complexity index is 169. The van der Waals surface area contributed by atoms with Gasteiger partial charge in [0, 0.05) is 13.2 Å². The molecule has 0 radical (unpaired) electrons. The van der Waals surface area contributed by atoms with Crippen LogP contribution in [0.4, 0.5) is 0 Å². The maximum absolute atomic E-state index is 5.98. The van der Waals surface area contributed by atoms with E-state index in [0.717, 1.165) is 0 Å². The molecule has 0 saturated heterocycles. The molecule has 1 atom stereocenters. The van der Waals surface area contributed by atoms with E-state index in [-0.39, 0.29) is 6.03 Å². The normalized spacial score (nSPS) is 14.4. The predicted octanol–water partition coefficient (Wildman–Crippen LogP) is 3.54. The van der Waals surface area contributed by atoms with E-state index in [9.17, 15) is 0 Å². The van der Waals surface area contributed by atoms with E-state index in [4.69, 9.17) is 18.2 Å². The Morgan fingerprint density at radius 1 is 0.938 bits per heavy atom. The van der Waals surface area contributed by atoms with E-state index in [1.807, 2.05) is 20.8 Å². The number of ether oxygens (including phenoxy) is 2. The third-order valence-corrected chi connectivity index (χ3v) is 5.48. The van der Waals surface area contributed by atoms with Gasteiger partial charge in [0.2, 0.25) is 14.4 Å². The van der Waals surface area contributed by atoms with Crippen molar-refractivity contribution in [1.29, 1.82) is 0 Å². The standard InChI is InChI=1S/C10H25O4PSi/c1-7-11-10(12-8-2)15(13-9-3)14-16(4,5)6/h10H,7-9H2,1-6H3. The lowest BCUT2D eigenvalue weighted by Crippen LogP contribution is -2.28. The average molecular weight is 268 g/mol. The second kappa shape index (κ2) is 8.56. The van der Waals surface area contributed by atoms with Crippen LogP contribution in [-0.4, -0.2) is 34.2 Å². The van der Waals surface area contributed by atoms with Crippen LogP contribution in [0.1, 0.15) is 20.8 Å². The Balaban J connectivity index is 4.42. The molecule has 0 saturated carbocycles. The zero-order valence-electron chi connectivity index (χ0n) is 11.3. The van der Waals surface area contributed by atoms with Gasteiger partial charge >= 0.3 is 0 Å². The van der Waals surface area contributed by atoms with Crippen LogP contribution in [0.15, 0.2) is 0 Å². The van der Waals surface area contributed by atoms with Crippen molar-refractivity contribution in [3.63, 3.8) is 0 Å². The summed E-state index contributed by atoms with van der Waals surface area (Å²) in [6, 6.07) is -0.364. The van der Waals surface area contributed by atoms with Gasteiger partial charge in [0.05, 0.1) is 6.61 Å². The summed E-state index contributed by atoms with van der Waals surface area (Å²) in [5.41, 5.74) is 0. The molecule has 0 bridgehead atoms. The Hall–Kier alpha value is 0.487. The molecular weight excluding hydrogens is 243 g/mol. The summed E-state index contributed by atoms with van der Waals surface area (Å²) in [6.45, 7) is 14.1. The average Bonchev–Trinajstić information content (AvgIpc) is 2.15. The van der Waals surface area contributed by atoms with E-state index in [1.54, 1.807) is 0 Å². The maximum atomic E-state index is 5.98. The van der Waals surface area contributed by atoms with Gasteiger partial charge in [-0.2, -0.15) is 0 Å². The summed E-state index contributed by atoms with van der Waals surface area (Å²) in [6.07, 6.45) is 0. The van der Waals surface area contributed by atoms with Gasteiger partial charge in [-0.15, -0.1) is 0 Å². The molecule has 0 aliphatic carbocycles. The molecule has 0 aromatic carbocycles. The van der Waals surface area contributed by atoms with Crippen LogP contribution in [-0.2, 0) is 18.2 Å². The molecule has 4 nitrogen and oxygen atoms in total. The Kier molecular flexibility index (Phi) is 8.82. The Labute approximate surface area is 102 Å². The fraction of sp³-hybridized carbons (Fsp3) is 1.00. The summed E-state index contributed by atoms with van der Waals surface area (Å²) in [5, 5.41) is 0. The highest BCUT2D eigenvalue weighted by Crippen LogP contribution is 2.47. The van der Waals surface area contributed by atoms with Gasteiger partial charge in [0.1, 0.15) is 0 Å². The fourth-order valence-electron chi connectivity index (χ4n) is 0.982. The molecule has 0 aromatic rings. The van der Waals surface area contributed by atoms with Crippen molar-refractivity contribution in [1.82, 2.24) is 0 Å². The highest BCUT2D eigenvalue weighted by molar-refractivity contribution is 7.49. The first-order chi connectivity index (χ1) is 7.44. The van der Waals surface area contributed by atoms with Crippen molar-refractivity contribution < 1.29 is 18.2 Å². The lowest BCUT2D eigenvalue weighted by molar-refractivity contribution is -0.0886. The summed E-state index contributed by atoms with van der Waals surface area (Å²) in [4.78, 5) is 0. The van der Waals surface area contributed by atoms with Crippen molar-refractivity contribution in [3.05, 3.63) is 0 Å². The smallest absolute Gasteiger partial charge is 0.228 e. The van der Waals surface area contributed by atoms with E-state index in [2.05, 4.69) is 19.6 Å². The zero-order chi connectivity index (χ0) is 12.6. The highest BCUT2D eigenvalue weighted by atomic mass is 31.2. The second-order valence-electron chi connectivity index (χ2n) is 4.12. The van der Waals surface area contributed by atoms with Gasteiger partial charge in [0.15, 0.2) is 8.32 Å². The number of rotatable bonds is 9. The molecule has 16 heavy (non-hydrogen) atoms. The predicted molar refractivity (Wildman–Crippen MR) is 70.0 cm³/mol. The Morgan fingerprint density at radius 3 is 1.75 bits per heavy atom. The first-order valence-electron chi connectivity index (χ1n) is 5.79. The van der Waals surface area contributed by atoms with Crippen LogP contribution in [0.2, 0.25) is 19.6 Å². The zero-order valence-corrected chi connectivity index (χ0v) is 13.2. The van der Waals surface area contributed by atoms with E-state index < -0.39 is 16.7 Å². The third-order valence-electron chi connectivity index (χ3n) is 1.41.